The predicted molar refractivity (Wildman–Crippen MR) is 115 cm³/mol. The molecule has 1 aliphatic rings. The van der Waals surface area contributed by atoms with Crippen LogP contribution < -0.4 is 0 Å². The second-order valence-corrected chi connectivity index (χ2v) is 8.32. The van der Waals surface area contributed by atoms with E-state index in [0.717, 1.165) is 40.5 Å². The normalized spacial score (nSPS) is 17.7. The third-order valence-electron chi connectivity index (χ3n) is 5.69. The zero-order valence-electron chi connectivity index (χ0n) is 15.6. The lowest BCUT2D eigenvalue weighted by Gasteiger charge is -2.40. The molecule has 4 rings (SSSR count). The molecule has 0 aromatic heterocycles. The largest absolute Gasteiger partial charge is 0.508 e. The lowest BCUT2D eigenvalue weighted by atomic mass is 9.79. The molecule has 1 heterocycles. The van der Waals surface area contributed by atoms with Gasteiger partial charge in [0, 0.05) is 22.6 Å². The molecule has 28 heavy (non-hydrogen) atoms. The van der Waals surface area contributed by atoms with E-state index >= 15 is 0 Å². The van der Waals surface area contributed by atoms with E-state index in [1.54, 1.807) is 6.07 Å². The smallest absolute Gasteiger partial charge is 0.130 e. The number of aliphatic hydroxyl groups is 1. The average molecular weight is 438 g/mol. The lowest BCUT2D eigenvalue weighted by molar-refractivity contribution is -0.00672. The highest BCUT2D eigenvalue weighted by molar-refractivity contribution is 9.10. The number of aromatic hydroxyl groups is 1. The number of hydrogen-bond donors (Lipinski definition) is 2. The topological polar surface area (TPSA) is 43.7 Å². The van der Waals surface area contributed by atoms with Gasteiger partial charge in [0.2, 0.25) is 0 Å². The standard InChI is InChI=1S/C24H24BrNO2/c25-21-13-14-22(27)18(16-21)17-26-15-7-12-23(26)24(28,19-8-3-1-4-9-19)20-10-5-2-6-11-20/h1-6,8-11,13-14,16,23,27-28H,7,12,15,17H2/t23-/m1/s1. The van der Waals surface area contributed by atoms with Gasteiger partial charge in [0.1, 0.15) is 11.4 Å². The van der Waals surface area contributed by atoms with Crippen LogP contribution in [0.1, 0.15) is 29.5 Å². The minimum Gasteiger partial charge on any atom is -0.508 e. The maximum Gasteiger partial charge on any atom is 0.130 e. The van der Waals surface area contributed by atoms with Gasteiger partial charge < -0.3 is 10.2 Å². The molecular formula is C24H24BrNO2. The molecule has 3 aromatic rings. The molecule has 0 amide bonds. The second-order valence-electron chi connectivity index (χ2n) is 7.40. The Morgan fingerprint density at radius 3 is 2.14 bits per heavy atom. The van der Waals surface area contributed by atoms with E-state index in [-0.39, 0.29) is 11.8 Å². The van der Waals surface area contributed by atoms with E-state index in [2.05, 4.69) is 20.8 Å². The van der Waals surface area contributed by atoms with Crippen LogP contribution in [-0.2, 0) is 12.1 Å². The zero-order valence-corrected chi connectivity index (χ0v) is 17.2. The Morgan fingerprint density at radius 2 is 1.54 bits per heavy atom. The van der Waals surface area contributed by atoms with Crippen molar-refractivity contribution in [2.24, 2.45) is 0 Å². The summed E-state index contributed by atoms with van der Waals surface area (Å²) < 4.78 is 0.942. The number of likely N-dealkylation sites (tertiary alicyclic amines) is 1. The van der Waals surface area contributed by atoms with Crippen LogP contribution >= 0.6 is 15.9 Å². The number of hydrogen-bond acceptors (Lipinski definition) is 3. The fourth-order valence-corrected chi connectivity index (χ4v) is 4.73. The molecule has 0 unspecified atom stereocenters. The van der Waals surface area contributed by atoms with Gasteiger partial charge in [-0.3, -0.25) is 4.90 Å². The first-order chi connectivity index (χ1) is 13.6. The molecule has 1 aliphatic heterocycles. The van der Waals surface area contributed by atoms with Crippen molar-refractivity contribution in [2.45, 2.75) is 31.0 Å². The molecule has 1 atom stereocenters. The molecule has 0 spiro atoms. The summed E-state index contributed by atoms with van der Waals surface area (Å²) in [6, 6.07) is 25.3. The van der Waals surface area contributed by atoms with E-state index in [1.807, 2.05) is 72.8 Å². The van der Waals surface area contributed by atoms with Gasteiger partial charge in [0.25, 0.3) is 0 Å². The number of halogens is 1. The van der Waals surface area contributed by atoms with Crippen LogP contribution in [0, 0.1) is 0 Å². The van der Waals surface area contributed by atoms with Crippen molar-refractivity contribution in [1.29, 1.82) is 0 Å². The number of benzene rings is 3. The number of rotatable bonds is 5. The maximum atomic E-state index is 12.1. The second kappa shape index (κ2) is 8.08. The van der Waals surface area contributed by atoms with Gasteiger partial charge in [-0.15, -0.1) is 0 Å². The van der Waals surface area contributed by atoms with Gasteiger partial charge in [-0.05, 0) is 48.7 Å². The third-order valence-corrected chi connectivity index (χ3v) is 6.18. The van der Waals surface area contributed by atoms with Crippen molar-refractivity contribution in [3.8, 4) is 5.75 Å². The highest BCUT2D eigenvalue weighted by Crippen LogP contribution is 2.41. The summed E-state index contributed by atoms with van der Waals surface area (Å²) in [6.45, 7) is 1.48. The van der Waals surface area contributed by atoms with Crippen LogP contribution in [0.2, 0.25) is 0 Å². The van der Waals surface area contributed by atoms with Gasteiger partial charge in [-0.1, -0.05) is 76.6 Å². The highest BCUT2D eigenvalue weighted by atomic mass is 79.9. The summed E-state index contributed by atoms with van der Waals surface area (Å²) in [4.78, 5) is 2.29. The van der Waals surface area contributed by atoms with Crippen molar-refractivity contribution in [2.75, 3.05) is 6.54 Å². The summed E-state index contributed by atoms with van der Waals surface area (Å²) in [5, 5.41) is 22.4. The monoisotopic (exact) mass is 437 g/mol. The first-order valence-corrected chi connectivity index (χ1v) is 10.4. The van der Waals surface area contributed by atoms with Crippen LogP contribution in [0.25, 0.3) is 0 Å². The van der Waals surface area contributed by atoms with Crippen LogP contribution in [-0.4, -0.2) is 27.7 Å². The van der Waals surface area contributed by atoms with E-state index in [1.165, 1.54) is 0 Å². The van der Waals surface area contributed by atoms with Crippen LogP contribution in [0.5, 0.6) is 5.75 Å². The zero-order chi connectivity index (χ0) is 19.6. The summed E-state index contributed by atoms with van der Waals surface area (Å²) in [7, 11) is 0. The Labute approximate surface area is 174 Å². The molecule has 3 aromatic carbocycles. The Bertz CT molecular complexity index is 890. The molecule has 0 bridgehead atoms. The van der Waals surface area contributed by atoms with Gasteiger partial charge in [-0.2, -0.15) is 0 Å². The Morgan fingerprint density at radius 1 is 0.929 bits per heavy atom. The predicted octanol–water partition coefficient (Wildman–Crippen LogP) is 5.06. The minimum atomic E-state index is -1.11. The molecule has 144 valence electrons. The van der Waals surface area contributed by atoms with Crippen molar-refractivity contribution in [3.63, 3.8) is 0 Å². The molecular weight excluding hydrogens is 414 g/mol. The van der Waals surface area contributed by atoms with Crippen molar-refractivity contribution < 1.29 is 10.2 Å². The average Bonchev–Trinajstić information content (AvgIpc) is 3.20. The van der Waals surface area contributed by atoms with E-state index in [4.69, 9.17) is 0 Å². The Balaban J connectivity index is 1.74. The number of phenolic OH excluding ortho intramolecular Hbond substituents is 1. The van der Waals surface area contributed by atoms with Gasteiger partial charge in [0.05, 0.1) is 0 Å². The van der Waals surface area contributed by atoms with Crippen molar-refractivity contribution >= 4 is 15.9 Å². The molecule has 1 saturated heterocycles. The van der Waals surface area contributed by atoms with Gasteiger partial charge >= 0.3 is 0 Å². The SMILES string of the molecule is Oc1ccc(Br)cc1CN1CCC[C@@H]1C(O)(c1ccccc1)c1ccccc1. The Hall–Kier alpha value is -2.14. The molecule has 0 saturated carbocycles. The molecule has 2 N–H and O–H groups in total. The fraction of sp³-hybridized carbons (Fsp3) is 0.250. The molecule has 4 heteroatoms. The van der Waals surface area contributed by atoms with Crippen LogP contribution in [0.4, 0.5) is 0 Å². The highest BCUT2D eigenvalue weighted by Gasteiger charge is 2.45. The molecule has 1 fully saturated rings. The van der Waals surface area contributed by atoms with Crippen LogP contribution in [0.15, 0.2) is 83.3 Å². The molecule has 0 radical (unpaired) electrons. The van der Waals surface area contributed by atoms with E-state index < -0.39 is 5.60 Å². The lowest BCUT2D eigenvalue weighted by Crippen LogP contribution is -2.48. The quantitative estimate of drug-likeness (QED) is 0.586. The minimum absolute atomic E-state index is 0.0734. The molecule has 0 aliphatic carbocycles. The van der Waals surface area contributed by atoms with E-state index in [0.29, 0.717) is 6.54 Å². The Kier molecular flexibility index (Phi) is 5.54. The van der Waals surface area contributed by atoms with Gasteiger partial charge in [0.15, 0.2) is 0 Å². The number of phenols is 1. The van der Waals surface area contributed by atoms with Crippen molar-refractivity contribution in [1.82, 2.24) is 4.90 Å². The summed E-state index contributed by atoms with van der Waals surface area (Å²) >= 11 is 3.49. The van der Waals surface area contributed by atoms with E-state index in [9.17, 15) is 10.2 Å². The summed E-state index contributed by atoms with van der Waals surface area (Å²) in [6.07, 6.45) is 1.91. The fourth-order valence-electron chi connectivity index (χ4n) is 4.32. The van der Waals surface area contributed by atoms with Gasteiger partial charge in [-0.25, -0.2) is 0 Å². The number of nitrogens with zero attached hydrogens (tertiary/aromatic N) is 1. The van der Waals surface area contributed by atoms with Crippen molar-refractivity contribution in [3.05, 3.63) is 100 Å². The third kappa shape index (κ3) is 3.60. The summed E-state index contributed by atoms with van der Waals surface area (Å²) in [5.41, 5.74) is 1.55. The first-order valence-electron chi connectivity index (χ1n) is 9.64. The first kappa shape index (κ1) is 19.2. The summed E-state index contributed by atoms with van der Waals surface area (Å²) in [5.74, 6) is 0.289. The van der Waals surface area contributed by atoms with Crippen LogP contribution in [0.3, 0.4) is 0 Å². The molecule has 3 nitrogen and oxygen atoms in total. The maximum absolute atomic E-state index is 12.1.